The second kappa shape index (κ2) is 4.54. The zero-order valence-corrected chi connectivity index (χ0v) is 12.4. The third kappa shape index (κ3) is 2.08. The third-order valence-electron chi connectivity index (χ3n) is 4.81. The number of carbonyl (C=O) groups is 2. The number of amides is 1. The predicted molar refractivity (Wildman–Crippen MR) is 71.5 cm³/mol. The third-order valence-corrected chi connectivity index (χ3v) is 6.77. The van der Waals surface area contributed by atoms with Crippen LogP contribution in [0.1, 0.15) is 19.8 Å². The normalized spacial score (nSPS) is 41.8. The summed E-state index contributed by atoms with van der Waals surface area (Å²) in [7, 11) is -3.70. The van der Waals surface area contributed by atoms with Crippen molar-refractivity contribution in [1.82, 2.24) is 5.32 Å². The van der Waals surface area contributed by atoms with Gasteiger partial charge in [-0.2, -0.15) is 8.42 Å². The van der Waals surface area contributed by atoms with E-state index in [1.54, 1.807) is 6.92 Å². The zero-order chi connectivity index (χ0) is 15.4. The van der Waals surface area contributed by atoms with E-state index in [0.717, 1.165) is 6.08 Å². The van der Waals surface area contributed by atoms with Crippen molar-refractivity contribution in [2.75, 3.05) is 6.54 Å². The monoisotopic (exact) mass is 315 g/mol. The Bertz CT molecular complexity index is 612. The van der Waals surface area contributed by atoms with Crippen molar-refractivity contribution in [3.05, 3.63) is 12.7 Å². The predicted octanol–water partition coefficient (Wildman–Crippen LogP) is -0.272. The van der Waals surface area contributed by atoms with Gasteiger partial charge < -0.3 is 10.1 Å². The molecule has 0 aromatic carbocycles. The fraction of sp³-hybridized carbons (Fsp3) is 0.692. The molecule has 2 saturated carbocycles. The van der Waals surface area contributed by atoms with Crippen LogP contribution in [-0.2, 0) is 28.6 Å². The molecule has 3 rings (SSSR count). The largest absolute Gasteiger partial charge is 0.456 e. The molecule has 2 aliphatic carbocycles. The van der Waals surface area contributed by atoms with E-state index in [0.29, 0.717) is 12.8 Å². The standard InChI is InChI=1S/C13H17NO6S/c1-3-10(15)14-6-11(16)19-13(2)7-4-8-9(5-7)20-21(17,18)12(8)13/h3,7-9,12H,1,4-6H2,2H3,(H,14,15)/t7?,8?,9-,12?,13?/m0/s1. The van der Waals surface area contributed by atoms with Crippen molar-refractivity contribution in [1.29, 1.82) is 0 Å². The lowest BCUT2D eigenvalue weighted by Crippen LogP contribution is -2.51. The molecule has 1 N–H and O–H groups in total. The second-order valence-electron chi connectivity index (χ2n) is 5.96. The second-order valence-corrected chi connectivity index (χ2v) is 7.65. The van der Waals surface area contributed by atoms with Crippen molar-refractivity contribution in [2.24, 2.45) is 11.8 Å². The van der Waals surface area contributed by atoms with Crippen LogP contribution in [0.5, 0.6) is 0 Å². The molecule has 1 saturated heterocycles. The number of fused-ring (bicyclic) bond motifs is 1. The summed E-state index contributed by atoms with van der Waals surface area (Å²) in [4.78, 5) is 22.9. The Morgan fingerprint density at radius 3 is 2.86 bits per heavy atom. The minimum atomic E-state index is -3.70. The molecule has 0 aromatic heterocycles. The summed E-state index contributed by atoms with van der Waals surface area (Å²) < 4.78 is 34.8. The molecule has 5 atom stereocenters. The van der Waals surface area contributed by atoms with Crippen molar-refractivity contribution in [3.63, 3.8) is 0 Å². The van der Waals surface area contributed by atoms with Crippen LogP contribution in [0.4, 0.5) is 0 Å². The average Bonchev–Trinajstić information content (AvgIpc) is 2.95. The Kier molecular flexibility index (Phi) is 3.14. The summed E-state index contributed by atoms with van der Waals surface area (Å²) in [6.07, 6.45) is 2.06. The minimum Gasteiger partial charge on any atom is -0.456 e. The van der Waals surface area contributed by atoms with Gasteiger partial charge in [0.2, 0.25) is 5.91 Å². The molecule has 8 heteroatoms. The van der Waals surface area contributed by atoms with E-state index in [2.05, 4.69) is 11.9 Å². The van der Waals surface area contributed by atoms with Gasteiger partial charge >= 0.3 is 5.97 Å². The van der Waals surface area contributed by atoms with Crippen LogP contribution in [0.3, 0.4) is 0 Å². The van der Waals surface area contributed by atoms with Crippen LogP contribution >= 0.6 is 0 Å². The van der Waals surface area contributed by atoms with Gasteiger partial charge in [-0.3, -0.25) is 13.8 Å². The van der Waals surface area contributed by atoms with Crippen molar-refractivity contribution in [2.45, 2.75) is 36.7 Å². The smallest absolute Gasteiger partial charge is 0.326 e. The van der Waals surface area contributed by atoms with Crippen LogP contribution in [0.15, 0.2) is 12.7 Å². The van der Waals surface area contributed by atoms with Gasteiger partial charge in [0, 0.05) is 11.8 Å². The number of nitrogens with one attached hydrogen (secondary N) is 1. The van der Waals surface area contributed by atoms with E-state index in [4.69, 9.17) is 8.92 Å². The molecule has 0 spiro atoms. The number of rotatable bonds is 4. The number of hydrogen-bond acceptors (Lipinski definition) is 6. The first-order valence-corrected chi connectivity index (χ1v) is 8.29. The van der Waals surface area contributed by atoms with Gasteiger partial charge in [0.1, 0.15) is 17.4 Å². The maximum Gasteiger partial charge on any atom is 0.326 e. The van der Waals surface area contributed by atoms with Gasteiger partial charge in [-0.1, -0.05) is 6.58 Å². The molecule has 116 valence electrons. The molecule has 7 nitrogen and oxygen atoms in total. The quantitative estimate of drug-likeness (QED) is 0.435. The Hall–Kier alpha value is -1.41. The molecule has 21 heavy (non-hydrogen) atoms. The number of carbonyl (C=O) groups excluding carboxylic acids is 2. The zero-order valence-electron chi connectivity index (χ0n) is 11.6. The van der Waals surface area contributed by atoms with Crippen molar-refractivity contribution >= 4 is 22.0 Å². The molecule has 1 amide bonds. The van der Waals surface area contributed by atoms with Crippen molar-refractivity contribution < 1.29 is 26.9 Å². The average molecular weight is 315 g/mol. The highest BCUT2D eigenvalue weighted by atomic mass is 32.2. The van der Waals surface area contributed by atoms with Gasteiger partial charge in [-0.05, 0) is 25.8 Å². The Labute approximate surface area is 122 Å². The first kappa shape index (κ1) is 14.5. The highest BCUT2D eigenvalue weighted by molar-refractivity contribution is 7.87. The molecule has 0 aromatic rings. The van der Waals surface area contributed by atoms with Gasteiger partial charge in [-0.25, -0.2) is 0 Å². The van der Waals surface area contributed by atoms with Gasteiger partial charge in [0.25, 0.3) is 10.1 Å². The first-order valence-electron chi connectivity index (χ1n) is 6.82. The summed E-state index contributed by atoms with van der Waals surface area (Å²) >= 11 is 0. The fourth-order valence-corrected chi connectivity index (χ4v) is 6.19. The lowest BCUT2D eigenvalue weighted by atomic mass is 9.84. The van der Waals surface area contributed by atoms with E-state index in [9.17, 15) is 18.0 Å². The maximum absolute atomic E-state index is 12.1. The van der Waals surface area contributed by atoms with E-state index in [1.807, 2.05) is 0 Å². The van der Waals surface area contributed by atoms with Crippen LogP contribution in [0.25, 0.3) is 0 Å². The first-order chi connectivity index (χ1) is 9.78. The number of esters is 1. The molecular weight excluding hydrogens is 298 g/mol. The van der Waals surface area contributed by atoms with Crippen LogP contribution in [0, 0.1) is 11.8 Å². The maximum atomic E-state index is 12.1. The van der Waals surface area contributed by atoms with Gasteiger partial charge in [-0.15, -0.1) is 0 Å². The topological polar surface area (TPSA) is 98.8 Å². The highest BCUT2D eigenvalue weighted by Crippen LogP contribution is 2.60. The summed E-state index contributed by atoms with van der Waals surface area (Å²) in [5, 5.41) is 1.52. The van der Waals surface area contributed by atoms with E-state index in [1.165, 1.54) is 0 Å². The molecule has 1 heterocycles. The van der Waals surface area contributed by atoms with E-state index in [-0.39, 0.29) is 24.5 Å². The van der Waals surface area contributed by atoms with Gasteiger partial charge in [0.15, 0.2) is 0 Å². The molecule has 3 aliphatic rings. The van der Waals surface area contributed by atoms with Crippen LogP contribution in [0.2, 0.25) is 0 Å². The fourth-order valence-electron chi connectivity index (χ4n) is 3.97. The molecule has 3 fully saturated rings. The summed E-state index contributed by atoms with van der Waals surface area (Å²) in [5.74, 6) is -1.25. The Morgan fingerprint density at radius 1 is 1.48 bits per heavy atom. The Balaban J connectivity index is 1.74. The van der Waals surface area contributed by atoms with Crippen LogP contribution in [-0.4, -0.2) is 43.8 Å². The number of hydrogen-bond donors (Lipinski definition) is 1. The van der Waals surface area contributed by atoms with E-state index < -0.39 is 32.8 Å². The lowest BCUT2D eigenvalue weighted by Gasteiger charge is -2.35. The molecule has 4 unspecified atom stereocenters. The summed E-state index contributed by atoms with van der Waals surface area (Å²) in [6.45, 7) is 4.62. The van der Waals surface area contributed by atoms with E-state index >= 15 is 0 Å². The van der Waals surface area contributed by atoms with Crippen molar-refractivity contribution in [3.8, 4) is 0 Å². The van der Waals surface area contributed by atoms with Gasteiger partial charge in [0.05, 0.1) is 6.10 Å². The molecule has 2 bridgehead atoms. The Morgan fingerprint density at radius 2 is 2.19 bits per heavy atom. The minimum absolute atomic E-state index is 0.0196. The molecule has 0 radical (unpaired) electrons. The molecular formula is C13H17NO6S. The van der Waals surface area contributed by atoms with Crippen LogP contribution < -0.4 is 5.32 Å². The summed E-state index contributed by atoms with van der Waals surface area (Å²) in [6, 6.07) is 0. The SMILES string of the molecule is C=CC(=O)NCC(=O)OC1(C)C2CC3C1S(=O)(=O)O[C@H]3C2. The number of ether oxygens (including phenoxy) is 1. The highest BCUT2D eigenvalue weighted by Gasteiger charge is 2.71. The summed E-state index contributed by atoms with van der Waals surface area (Å²) in [5.41, 5.74) is -1.08. The lowest BCUT2D eigenvalue weighted by molar-refractivity contribution is -0.162. The molecule has 1 aliphatic heterocycles.